The first kappa shape index (κ1) is 25.6. The van der Waals surface area contributed by atoms with Gasteiger partial charge in [0.1, 0.15) is 0 Å². The van der Waals surface area contributed by atoms with Crippen LogP contribution in [0.15, 0.2) is 89.2 Å². The molecular weight excluding hydrogens is 498 g/mol. The summed E-state index contributed by atoms with van der Waals surface area (Å²) in [6.45, 7) is 2.98. The Hall–Kier alpha value is -4.08. The number of aryl methyl sites for hydroxylation is 1. The zero-order valence-electron chi connectivity index (χ0n) is 20.9. The molecule has 0 aliphatic carbocycles. The van der Waals surface area contributed by atoms with Gasteiger partial charge >= 0.3 is 0 Å². The minimum atomic E-state index is -0.347. The average molecular weight is 528 g/mol. The number of aromatic amines is 1. The number of pyridine rings is 1. The Morgan fingerprint density at radius 1 is 0.921 bits per heavy atom. The van der Waals surface area contributed by atoms with Gasteiger partial charge in [0.2, 0.25) is 11.5 Å². The molecule has 9 heteroatoms. The van der Waals surface area contributed by atoms with E-state index in [-0.39, 0.29) is 23.4 Å². The summed E-state index contributed by atoms with van der Waals surface area (Å²) >= 11 is 1.32. The first-order valence-corrected chi connectivity index (χ1v) is 13.5. The molecule has 2 aromatic heterocycles. The number of nitrogens with zero attached hydrogens (tertiary/aromatic N) is 3. The van der Waals surface area contributed by atoms with Crippen LogP contribution in [0.3, 0.4) is 0 Å². The summed E-state index contributed by atoms with van der Waals surface area (Å²) in [6.07, 6.45) is 2.26. The van der Waals surface area contributed by atoms with Crippen molar-refractivity contribution in [2.75, 3.05) is 31.5 Å². The summed E-state index contributed by atoms with van der Waals surface area (Å²) in [6, 6.07) is 24.0. The van der Waals surface area contributed by atoms with Crippen molar-refractivity contribution in [1.29, 1.82) is 0 Å². The highest BCUT2D eigenvalue weighted by molar-refractivity contribution is 7.14. The van der Waals surface area contributed by atoms with Crippen molar-refractivity contribution < 1.29 is 9.59 Å². The molecule has 8 nitrogen and oxygen atoms in total. The summed E-state index contributed by atoms with van der Waals surface area (Å²) in [7, 11) is 0. The second-order valence-electron chi connectivity index (χ2n) is 9.18. The zero-order valence-corrected chi connectivity index (χ0v) is 21.7. The molecule has 0 bridgehead atoms. The standard InChI is InChI=1S/C29H29N5O3S/c35-25-13-11-23(19-30-25)28(37)32-29-31-24(20-38-29)12-14-26(36)33-15-17-34(18-16-33)27(21-7-3-1-4-8-21)22-9-5-2-6-10-22/h1-11,13,19-20,27H,12,14-18H2,(H,30,35)(H,31,32,37). The third kappa shape index (κ3) is 6.24. The highest BCUT2D eigenvalue weighted by atomic mass is 32.1. The van der Waals surface area contributed by atoms with Crippen LogP contribution >= 0.6 is 11.3 Å². The monoisotopic (exact) mass is 527 g/mol. The molecule has 0 radical (unpaired) electrons. The van der Waals surface area contributed by atoms with Crippen molar-refractivity contribution in [2.24, 2.45) is 0 Å². The number of H-pyrrole nitrogens is 1. The summed E-state index contributed by atoms with van der Waals surface area (Å²) in [4.78, 5) is 47.8. The molecule has 2 aromatic carbocycles. The Bertz CT molecular complexity index is 1370. The molecule has 1 aliphatic heterocycles. The normalized spacial score (nSPS) is 14.0. The maximum absolute atomic E-state index is 13.0. The number of aromatic nitrogens is 2. The van der Waals surface area contributed by atoms with E-state index >= 15 is 0 Å². The average Bonchev–Trinajstić information content (AvgIpc) is 3.41. The van der Waals surface area contributed by atoms with E-state index in [1.54, 1.807) is 0 Å². The second-order valence-corrected chi connectivity index (χ2v) is 10.0. The Labute approximate surface area is 225 Å². The molecule has 38 heavy (non-hydrogen) atoms. The number of anilines is 1. The predicted octanol–water partition coefficient (Wildman–Crippen LogP) is 3.95. The van der Waals surface area contributed by atoms with Gasteiger partial charge in [-0.1, -0.05) is 60.7 Å². The number of rotatable bonds is 8. The van der Waals surface area contributed by atoms with E-state index in [0.717, 1.165) is 18.8 Å². The third-order valence-corrected chi connectivity index (χ3v) is 7.48. The summed E-state index contributed by atoms with van der Waals surface area (Å²) in [5.74, 6) is -0.229. The second kappa shape index (κ2) is 12.0. The number of hydrogen-bond acceptors (Lipinski definition) is 6. The lowest BCUT2D eigenvalue weighted by molar-refractivity contribution is -0.133. The summed E-state index contributed by atoms with van der Waals surface area (Å²) < 4.78 is 0. The minimum Gasteiger partial charge on any atom is -0.340 e. The fourth-order valence-corrected chi connectivity index (χ4v) is 5.45. The first-order valence-electron chi connectivity index (χ1n) is 12.6. The number of hydrogen-bond donors (Lipinski definition) is 2. The lowest BCUT2D eigenvalue weighted by Crippen LogP contribution is -2.49. The first-order chi connectivity index (χ1) is 18.6. The van der Waals surface area contributed by atoms with E-state index in [1.807, 2.05) is 22.4 Å². The number of carbonyl (C=O) groups excluding carboxylic acids is 2. The van der Waals surface area contributed by atoms with E-state index < -0.39 is 0 Å². The Morgan fingerprint density at radius 3 is 2.18 bits per heavy atom. The molecule has 0 unspecified atom stereocenters. The lowest BCUT2D eigenvalue weighted by Gasteiger charge is -2.39. The largest absolute Gasteiger partial charge is 0.340 e. The third-order valence-electron chi connectivity index (χ3n) is 6.68. The molecule has 0 saturated carbocycles. The molecule has 1 aliphatic rings. The van der Waals surface area contributed by atoms with Gasteiger partial charge in [0.15, 0.2) is 5.13 Å². The van der Waals surface area contributed by atoms with Crippen molar-refractivity contribution >= 4 is 28.3 Å². The van der Waals surface area contributed by atoms with E-state index in [0.29, 0.717) is 36.6 Å². The molecular formula is C29H29N5O3S. The molecule has 2 amide bonds. The van der Waals surface area contributed by atoms with Gasteiger partial charge in [0.05, 0.1) is 17.3 Å². The van der Waals surface area contributed by atoms with E-state index in [1.165, 1.54) is 40.8 Å². The van der Waals surface area contributed by atoms with Gasteiger partial charge < -0.3 is 9.88 Å². The fourth-order valence-electron chi connectivity index (χ4n) is 4.71. The van der Waals surface area contributed by atoms with Crippen LogP contribution in [0.5, 0.6) is 0 Å². The van der Waals surface area contributed by atoms with Crippen molar-refractivity contribution in [1.82, 2.24) is 19.8 Å². The van der Waals surface area contributed by atoms with Crippen LogP contribution in [-0.4, -0.2) is 57.8 Å². The minimum absolute atomic E-state index is 0.118. The number of amides is 2. The maximum Gasteiger partial charge on any atom is 0.258 e. The molecule has 3 heterocycles. The van der Waals surface area contributed by atoms with Gasteiger partial charge in [-0.25, -0.2) is 4.98 Å². The molecule has 194 valence electrons. The van der Waals surface area contributed by atoms with Crippen LogP contribution in [0.1, 0.15) is 39.6 Å². The van der Waals surface area contributed by atoms with Crippen LogP contribution < -0.4 is 10.9 Å². The SMILES string of the molecule is O=C(Nc1nc(CCC(=O)N2CCN(C(c3ccccc3)c3ccccc3)CC2)cs1)c1ccc(=O)[nH]c1. The lowest BCUT2D eigenvalue weighted by atomic mass is 9.96. The van der Waals surface area contributed by atoms with Gasteiger partial charge in [-0.15, -0.1) is 11.3 Å². The van der Waals surface area contributed by atoms with E-state index in [4.69, 9.17) is 0 Å². The number of benzene rings is 2. The summed E-state index contributed by atoms with van der Waals surface area (Å²) in [5, 5.41) is 5.06. The van der Waals surface area contributed by atoms with Crippen LogP contribution in [0.2, 0.25) is 0 Å². The van der Waals surface area contributed by atoms with Crippen LogP contribution in [-0.2, 0) is 11.2 Å². The Balaban J connectivity index is 1.13. The smallest absolute Gasteiger partial charge is 0.258 e. The van der Waals surface area contributed by atoms with Crippen molar-refractivity contribution in [3.8, 4) is 0 Å². The van der Waals surface area contributed by atoms with Crippen LogP contribution in [0.4, 0.5) is 5.13 Å². The van der Waals surface area contributed by atoms with Gasteiger partial charge in [-0.3, -0.25) is 24.6 Å². The van der Waals surface area contributed by atoms with Gasteiger partial charge in [-0.2, -0.15) is 0 Å². The molecule has 4 aromatic rings. The maximum atomic E-state index is 13.0. The highest BCUT2D eigenvalue weighted by Crippen LogP contribution is 2.29. The van der Waals surface area contributed by atoms with Crippen LogP contribution in [0.25, 0.3) is 0 Å². The molecule has 2 N–H and O–H groups in total. The number of piperazine rings is 1. The van der Waals surface area contributed by atoms with E-state index in [2.05, 4.69) is 68.7 Å². The zero-order chi connectivity index (χ0) is 26.3. The fraction of sp³-hybridized carbons (Fsp3) is 0.241. The molecule has 5 rings (SSSR count). The summed E-state index contributed by atoms with van der Waals surface area (Å²) in [5.41, 5.74) is 3.36. The van der Waals surface area contributed by atoms with Crippen molar-refractivity contribution in [2.45, 2.75) is 18.9 Å². The van der Waals surface area contributed by atoms with E-state index in [9.17, 15) is 14.4 Å². The quantitative estimate of drug-likeness (QED) is 0.362. The highest BCUT2D eigenvalue weighted by Gasteiger charge is 2.28. The van der Waals surface area contributed by atoms with Crippen molar-refractivity contribution in [3.63, 3.8) is 0 Å². The molecule has 0 atom stereocenters. The van der Waals surface area contributed by atoms with Crippen molar-refractivity contribution in [3.05, 3.63) is 117 Å². The van der Waals surface area contributed by atoms with Crippen LogP contribution in [0, 0.1) is 0 Å². The molecule has 0 spiro atoms. The Morgan fingerprint density at radius 2 is 1.58 bits per heavy atom. The topological polar surface area (TPSA) is 98.4 Å². The number of nitrogens with one attached hydrogen (secondary N) is 2. The molecule has 1 fully saturated rings. The predicted molar refractivity (Wildman–Crippen MR) is 148 cm³/mol. The van der Waals surface area contributed by atoms with Gasteiger partial charge in [0.25, 0.3) is 5.91 Å². The van der Waals surface area contributed by atoms with Gasteiger partial charge in [0, 0.05) is 50.2 Å². The molecule has 1 saturated heterocycles. The van der Waals surface area contributed by atoms with Gasteiger partial charge in [-0.05, 0) is 23.6 Å². The number of thiazole rings is 1. The number of carbonyl (C=O) groups is 2. The Kier molecular flexibility index (Phi) is 8.06.